The second-order valence-electron chi connectivity index (χ2n) is 2.84. The van der Waals surface area contributed by atoms with Gasteiger partial charge in [-0.25, -0.2) is 5.14 Å². The SMILES string of the molecule is NS(=O)(=O)NC(C(=O)O)c1ccccc1. The molecule has 0 bridgehead atoms. The summed E-state index contributed by atoms with van der Waals surface area (Å²) in [7, 11) is -4.05. The zero-order chi connectivity index (χ0) is 11.5. The maximum absolute atomic E-state index is 10.8. The van der Waals surface area contributed by atoms with Crippen LogP contribution < -0.4 is 9.86 Å². The zero-order valence-electron chi connectivity index (χ0n) is 7.62. The number of hydrogen-bond acceptors (Lipinski definition) is 3. The molecule has 1 atom stereocenters. The van der Waals surface area contributed by atoms with Crippen molar-refractivity contribution >= 4 is 16.2 Å². The van der Waals surface area contributed by atoms with Gasteiger partial charge < -0.3 is 5.11 Å². The van der Waals surface area contributed by atoms with E-state index >= 15 is 0 Å². The van der Waals surface area contributed by atoms with E-state index in [9.17, 15) is 13.2 Å². The molecule has 15 heavy (non-hydrogen) atoms. The number of hydrogen-bond donors (Lipinski definition) is 3. The summed E-state index contributed by atoms with van der Waals surface area (Å²) in [5.41, 5.74) is 0.319. The Morgan fingerprint density at radius 3 is 2.27 bits per heavy atom. The molecular formula is C8H10N2O4S. The second kappa shape index (κ2) is 4.39. The van der Waals surface area contributed by atoms with Crippen molar-refractivity contribution in [3.63, 3.8) is 0 Å². The van der Waals surface area contributed by atoms with E-state index in [0.717, 1.165) is 0 Å². The first-order valence-electron chi connectivity index (χ1n) is 3.98. The Morgan fingerprint density at radius 2 is 1.87 bits per heavy atom. The highest BCUT2D eigenvalue weighted by molar-refractivity contribution is 7.87. The van der Waals surface area contributed by atoms with Gasteiger partial charge in [-0.1, -0.05) is 30.3 Å². The minimum atomic E-state index is -4.05. The predicted molar refractivity (Wildman–Crippen MR) is 53.1 cm³/mol. The maximum atomic E-state index is 10.8. The third kappa shape index (κ3) is 3.66. The quantitative estimate of drug-likeness (QED) is 0.654. The molecule has 0 amide bonds. The first-order chi connectivity index (χ1) is 6.90. The number of benzene rings is 1. The van der Waals surface area contributed by atoms with Gasteiger partial charge in [0.15, 0.2) is 0 Å². The summed E-state index contributed by atoms with van der Waals surface area (Å²) in [5, 5.41) is 13.5. The smallest absolute Gasteiger partial charge is 0.326 e. The Kier molecular flexibility index (Phi) is 3.40. The van der Waals surface area contributed by atoms with Crippen LogP contribution in [0.25, 0.3) is 0 Å². The lowest BCUT2D eigenvalue weighted by Gasteiger charge is -2.12. The van der Waals surface area contributed by atoms with Crippen molar-refractivity contribution in [2.45, 2.75) is 6.04 Å². The Hall–Kier alpha value is -1.44. The Bertz CT molecular complexity index is 443. The highest BCUT2D eigenvalue weighted by atomic mass is 32.2. The molecule has 0 spiro atoms. The molecule has 0 aliphatic rings. The number of nitrogens with two attached hydrogens (primary N) is 1. The summed E-state index contributed by atoms with van der Waals surface area (Å²) in [6.45, 7) is 0. The van der Waals surface area contributed by atoms with E-state index in [1.165, 1.54) is 12.1 Å². The molecule has 0 fully saturated rings. The average molecular weight is 230 g/mol. The van der Waals surface area contributed by atoms with E-state index in [4.69, 9.17) is 10.2 Å². The molecule has 0 saturated heterocycles. The number of carbonyl (C=O) groups is 1. The lowest BCUT2D eigenvalue weighted by atomic mass is 10.1. The minimum absolute atomic E-state index is 0.319. The van der Waals surface area contributed by atoms with E-state index in [-0.39, 0.29) is 0 Å². The average Bonchev–Trinajstić information content (AvgIpc) is 2.14. The standard InChI is InChI=1S/C8H10N2O4S/c9-15(13,14)10-7(8(11)12)6-4-2-1-3-5-6/h1-5,7,10H,(H,11,12)(H2,9,13,14). The molecule has 1 unspecified atom stereocenters. The van der Waals surface area contributed by atoms with E-state index in [2.05, 4.69) is 0 Å². The van der Waals surface area contributed by atoms with Crippen molar-refractivity contribution in [1.82, 2.24) is 4.72 Å². The van der Waals surface area contributed by atoms with Gasteiger partial charge in [0.1, 0.15) is 6.04 Å². The van der Waals surface area contributed by atoms with Gasteiger partial charge in [0.25, 0.3) is 10.2 Å². The van der Waals surface area contributed by atoms with Crippen LogP contribution in [0.3, 0.4) is 0 Å². The Morgan fingerprint density at radius 1 is 1.33 bits per heavy atom. The fraction of sp³-hybridized carbons (Fsp3) is 0.125. The fourth-order valence-corrected chi connectivity index (χ4v) is 1.64. The molecule has 82 valence electrons. The van der Waals surface area contributed by atoms with Crippen molar-refractivity contribution < 1.29 is 18.3 Å². The van der Waals surface area contributed by atoms with Crippen LogP contribution in [0.2, 0.25) is 0 Å². The summed E-state index contributed by atoms with van der Waals surface area (Å²) in [5.74, 6) is -1.31. The molecule has 7 heteroatoms. The number of carboxylic acids is 1. The Labute approximate surface area is 86.9 Å². The van der Waals surface area contributed by atoms with Gasteiger partial charge in [0.05, 0.1) is 0 Å². The Balaban J connectivity index is 3.00. The second-order valence-corrected chi connectivity index (χ2v) is 4.17. The topological polar surface area (TPSA) is 109 Å². The lowest BCUT2D eigenvalue weighted by molar-refractivity contribution is -0.139. The van der Waals surface area contributed by atoms with Crippen molar-refractivity contribution in [2.75, 3.05) is 0 Å². The molecule has 0 aromatic heterocycles. The van der Waals surface area contributed by atoms with Crippen LogP contribution >= 0.6 is 0 Å². The molecule has 1 rings (SSSR count). The lowest BCUT2D eigenvalue weighted by Crippen LogP contribution is -2.38. The van der Waals surface area contributed by atoms with Crippen LogP contribution in [0.15, 0.2) is 30.3 Å². The van der Waals surface area contributed by atoms with E-state index < -0.39 is 22.2 Å². The van der Waals surface area contributed by atoms with Crippen molar-refractivity contribution in [3.8, 4) is 0 Å². The van der Waals surface area contributed by atoms with Gasteiger partial charge in [-0.2, -0.15) is 13.1 Å². The summed E-state index contributed by atoms with van der Waals surface area (Å²) in [6.07, 6.45) is 0. The van der Waals surface area contributed by atoms with Crippen LogP contribution in [0, 0.1) is 0 Å². The summed E-state index contributed by atoms with van der Waals surface area (Å²) in [4.78, 5) is 10.8. The number of rotatable bonds is 4. The van der Waals surface area contributed by atoms with Gasteiger partial charge in [0, 0.05) is 0 Å². The summed E-state index contributed by atoms with van der Waals surface area (Å²) < 4.78 is 23.3. The molecular weight excluding hydrogens is 220 g/mol. The third-order valence-corrected chi connectivity index (χ3v) is 2.23. The van der Waals surface area contributed by atoms with Crippen LogP contribution in [-0.2, 0) is 15.0 Å². The molecule has 4 N–H and O–H groups in total. The number of aliphatic carboxylic acids is 1. The first-order valence-corrected chi connectivity index (χ1v) is 5.52. The van der Waals surface area contributed by atoms with Gasteiger partial charge in [-0.15, -0.1) is 0 Å². The molecule has 0 saturated carbocycles. The van der Waals surface area contributed by atoms with E-state index in [1.54, 1.807) is 18.2 Å². The van der Waals surface area contributed by atoms with Crippen LogP contribution in [0.5, 0.6) is 0 Å². The van der Waals surface area contributed by atoms with E-state index in [1.807, 2.05) is 4.72 Å². The fourth-order valence-electron chi connectivity index (χ4n) is 1.07. The largest absolute Gasteiger partial charge is 0.480 e. The van der Waals surface area contributed by atoms with Crippen molar-refractivity contribution in [2.24, 2.45) is 5.14 Å². The highest BCUT2D eigenvalue weighted by Gasteiger charge is 2.23. The van der Waals surface area contributed by atoms with Crippen LogP contribution in [-0.4, -0.2) is 19.5 Å². The zero-order valence-corrected chi connectivity index (χ0v) is 8.44. The molecule has 0 radical (unpaired) electrons. The van der Waals surface area contributed by atoms with E-state index in [0.29, 0.717) is 5.56 Å². The van der Waals surface area contributed by atoms with Crippen LogP contribution in [0.1, 0.15) is 11.6 Å². The highest BCUT2D eigenvalue weighted by Crippen LogP contribution is 2.12. The molecule has 0 aliphatic heterocycles. The molecule has 1 aromatic carbocycles. The molecule has 1 aromatic rings. The molecule has 6 nitrogen and oxygen atoms in total. The van der Waals surface area contributed by atoms with Gasteiger partial charge in [-0.3, -0.25) is 4.79 Å². The van der Waals surface area contributed by atoms with Crippen LogP contribution in [0.4, 0.5) is 0 Å². The van der Waals surface area contributed by atoms with Crippen molar-refractivity contribution in [1.29, 1.82) is 0 Å². The summed E-state index contributed by atoms with van der Waals surface area (Å²) in [6, 6.07) is 6.54. The van der Waals surface area contributed by atoms with Gasteiger partial charge >= 0.3 is 5.97 Å². The molecule has 0 aliphatic carbocycles. The predicted octanol–water partition coefficient (Wildman–Crippen LogP) is -0.395. The normalized spacial score (nSPS) is 13.4. The number of nitrogens with one attached hydrogen (secondary N) is 1. The van der Waals surface area contributed by atoms with Gasteiger partial charge in [0.2, 0.25) is 0 Å². The third-order valence-electron chi connectivity index (χ3n) is 1.66. The van der Waals surface area contributed by atoms with Gasteiger partial charge in [-0.05, 0) is 5.56 Å². The first kappa shape index (κ1) is 11.6. The van der Waals surface area contributed by atoms with Crippen molar-refractivity contribution in [3.05, 3.63) is 35.9 Å². The summed E-state index contributed by atoms with van der Waals surface area (Å²) >= 11 is 0. The minimum Gasteiger partial charge on any atom is -0.480 e. The molecule has 0 heterocycles. The monoisotopic (exact) mass is 230 g/mol. The number of carboxylic acid groups (broad SMARTS) is 1. The maximum Gasteiger partial charge on any atom is 0.326 e.